The van der Waals surface area contributed by atoms with Crippen molar-refractivity contribution in [2.24, 2.45) is 0 Å². The highest BCUT2D eigenvalue weighted by atomic mass is 79.9. The molecule has 2 fully saturated rings. The van der Waals surface area contributed by atoms with Crippen LogP contribution in [0.25, 0.3) is 0 Å². The lowest BCUT2D eigenvalue weighted by Crippen LogP contribution is -2.37. The maximum Gasteiger partial charge on any atom is 0.0642 e. The molecule has 1 aromatic carbocycles. The molecule has 0 atom stereocenters. The Labute approximate surface area is 117 Å². The van der Waals surface area contributed by atoms with Gasteiger partial charge in [-0.25, -0.2) is 0 Å². The maximum atomic E-state index is 5.43. The van der Waals surface area contributed by atoms with Crippen LogP contribution in [0, 0.1) is 0 Å². The van der Waals surface area contributed by atoms with Crippen molar-refractivity contribution in [3.63, 3.8) is 0 Å². The second-order valence-electron chi connectivity index (χ2n) is 5.03. The summed E-state index contributed by atoms with van der Waals surface area (Å²) in [7, 11) is 0. The van der Waals surface area contributed by atoms with E-state index in [0.29, 0.717) is 0 Å². The standard InChI is InChI=1S/C14H19BrN2O/c15-12-2-1-11(10-16-13-3-4-13)14(9-12)17-5-7-18-8-6-17/h1-2,9,13,16H,3-8,10H2. The number of ether oxygens (including phenoxy) is 1. The molecule has 18 heavy (non-hydrogen) atoms. The van der Waals surface area contributed by atoms with Crippen molar-refractivity contribution in [2.45, 2.75) is 25.4 Å². The summed E-state index contributed by atoms with van der Waals surface area (Å²) in [5.41, 5.74) is 2.74. The average molecular weight is 311 g/mol. The third-order valence-corrected chi connectivity index (χ3v) is 4.05. The van der Waals surface area contributed by atoms with E-state index in [9.17, 15) is 0 Å². The number of rotatable bonds is 4. The molecule has 1 aliphatic carbocycles. The summed E-state index contributed by atoms with van der Waals surface area (Å²) in [5, 5.41) is 3.60. The molecule has 1 N–H and O–H groups in total. The molecule has 4 heteroatoms. The van der Waals surface area contributed by atoms with Crippen LogP contribution in [-0.4, -0.2) is 32.3 Å². The number of benzene rings is 1. The van der Waals surface area contributed by atoms with Crippen LogP contribution in [0.15, 0.2) is 22.7 Å². The van der Waals surface area contributed by atoms with E-state index < -0.39 is 0 Å². The van der Waals surface area contributed by atoms with Crippen LogP contribution >= 0.6 is 15.9 Å². The van der Waals surface area contributed by atoms with Gasteiger partial charge in [-0.2, -0.15) is 0 Å². The minimum Gasteiger partial charge on any atom is -0.378 e. The van der Waals surface area contributed by atoms with E-state index in [-0.39, 0.29) is 0 Å². The van der Waals surface area contributed by atoms with Gasteiger partial charge in [-0.15, -0.1) is 0 Å². The summed E-state index contributed by atoms with van der Waals surface area (Å²) < 4.78 is 6.58. The first-order chi connectivity index (χ1) is 8.83. The van der Waals surface area contributed by atoms with E-state index in [1.807, 2.05) is 0 Å². The lowest BCUT2D eigenvalue weighted by Gasteiger charge is -2.31. The van der Waals surface area contributed by atoms with Gasteiger partial charge in [0, 0.05) is 35.8 Å². The summed E-state index contributed by atoms with van der Waals surface area (Å²) in [4.78, 5) is 2.43. The molecule has 1 saturated carbocycles. The SMILES string of the molecule is Brc1ccc(CNC2CC2)c(N2CCOCC2)c1. The zero-order valence-electron chi connectivity index (χ0n) is 10.5. The second kappa shape index (κ2) is 5.59. The van der Waals surface area contributed by atoms with Gasteiger partial charge in [-0.3, -0.25) is 0 Å². The molecule has 0 radical (unpaired) electrons. The van der Waals surface area contributed by atoms with Crippen LogP contribution in [-0.2, 0) is 11.3 Å². The normalized spacial score (nSPS) is 20.2. The number of halogens is 1. The maximum absolute atomic E-state index is 5.43. The number of hydrogen-bond donors (Lipinski definition) is 1. The van der Waals surface area contributed by atoms with Crippen LogP contribution in [0.5, 0.6) is 0 Å². The molecular weight excluding hydrogens is 292 g/mol. The number of nitrogens with zero attached hydrogens (tertiary/aromatic N) is 1. The van der Waals surface area contributed by atoms with Crippen LogP contribution in [0.1, 0.15) is 18.4 Å². The van der Waals surface area contributed by atoms with Crippen LogP contribution < -0.4 is 10.2 Å². The summed E-state index contributed by atoms with van der Waals surface area (Å²) in [6.45, 7) is 4.63. The van der Waals surface area contributed by atoms with Crippen molar-refractivity contribution in [3.8, 4) is 0 Å². The first-order valence-electron chi connectivity index (χ1n) is 6.67. The third-order valence-electron chi connectivity index (χ3n) is 3.56. The van der Waals surface area contributed by atoms with Gasteiger partial charge in [0.25, 0.3) is 0 Å². The average Bonchev–Trinajstić information content (AvgIpc) is 3.22. The first-order valence-corrected chi connectivity index (χ1v) is 7.47. The molecule has 0 amide bonds. The molecule has 1 aromatic rings. The molecular formula is C14H19BrN2O. The highest BCUT2D eigenvalue weighted by molar-refractivity contribution is 9.10. The van der Waals surface area contributed by atoms with E-state index in [2.05, 4.69) is 44.3 Å². The van der Waals surface area contributed by atoms with Gasteiger partial charge in [0.15, 0.2) is 0 Å². The Morgan fingerprint density at radius 2 is 2.06 bits per heavy atom. The molecule has 1 aliphatic heterocycles. The van der Waals surface area contributed by atoms with Crippen molar-refractivity contribution in [1.82, 2.24) is 5.32 Å². The molecule has 3 nitrogen and oxygen atoms in total. The largest absolute Gasteiger partial charge is 0.378 e. The minimum absolute atomic E-state index is 0.756. The minimum atomic E-state index is 0.756. The van der Waals surface area contributed by atoms with E-state index in [1.54, 1.807) is 0 Å². The highest BCUT2D eigenvalue weighted by Crippen LogP contribution is 2.27. The Morgan fingerprint density at radius 1 is 1.28 bits per heavy atom. The first kappa shape index (κ1) is 12.5. The molecule has 2 aliphatic rings. The number of nitrogens with one attached hydrogen (secondary N) is 1. The van der Waals surface area contributed by atoms with Gasteiger partial charge in [0.1, 0.15) is 0 Å². The molecule has 1 heterocycles. The molecule has 0 spiro atoms. The molecule has 0 bridgehead atoms. The number of hydrogen-bond acceptors (Lipinski definition) is 3. The Balaban J connectivity index is 1.77. The molecule has 98 valence electrons. The van der Waals surface area contributed by atoms with Gasteiger partial charge in [0.2, 0.25) is 0 Å². The monoisotopic (exact) mass is 310 g/mol. The van der Waals surface area contributed by atoms with Crippen molar-refractivity contribution >= 4 is 21.6 Å². The van der Waals surface area contributed by atoms with Crippen molar-refractivity contribution in [3.05, 3.63) is 28.2 Å². The zero-order valence-corrected chi connectivity index (χ0v) is 12.1. The Morgan fingerprint density at radius 3 is 2.78 bits per heavy atom. The highest BCUT2D eigenvalue weighted by Gasteiger charge is 2.21. The second-order valence-corrected chi connectivity index (χ2v) is 5.94. The molecule has 3 rings (SSSR count). The topological polar surface area (TPSA) is 24.5 Å². The van der Waals surface area contributed by atoms with Crippen molar-refractivity contribution < 1.29 is 4.74 Å². The van der Waals surface area contributed by atoms with E-state index in [4.69, 9.17) is 4.74 Å². The fourth-order valence-corrected chi connectivity index (χ4v) is 2.68. The number of morpholine rings is 1. The van der Waals surface area contributed by atoms with E-state index in [0.717, 1.165) is 43.4 Å². The molecule has 1 saturated heterocycles. The quantitative estimate of drug-likeness (QED) is 0.925. The zero-order chi connectivity index (χ0) is 12.4. The van der Waals surface area contributed by atoms with Gasteiger partial charge in [0.05, 0.1) is 13.2 Å². The molecule has 0 unspecified atom stereocenters. The van der Waals surface area contributed by atoms with Crippen LogP contribution in [0.3, 0.4) is 0 Å². The van der Waals surface area contributed by atoms with Gasteiger partial charge >= 0.3 is 0 Å². The lowest BCUT2D eigenvalue weighted by atomic mass is 10.1. The lowest BCUT2D eigenvalue weighted by molar-refractivity contribution is 0.122. The number of anilines is 1. The van der Waals surface area contributed by atoms with E-state index in [1.165, 1.54) is 24.1 Å². The van der Waals surface area contributed by atoms with Crippen molar-refractivity contribution in [2.75, 3.05) is 31.2 Å². The molecule has 0 aromatic heterocycles. The van der Waals surface area contributed by atoms with E-state index >= 15 is 0 Å². The van der Waals surface area contributed by atoms with Gasteiger partial charge < -0.3 is 15.0 Å². The third kappa shape index (κ3) is 3.05. The summed E-state index contributed by atoms with van der Waals surface area (Å²) in [5.74, 6) is 0. The van der Waals surface area contributed by atoms with Crippen molar-refractivity contribution in [1.29, 1.82) is 0 Å². The smallest absolute Gasteiger partial charge is 0.0642 e. The fourth-order valence-electron chi connectivity index (χ4n) is 2.33. The fraction of sp³-hybridized carbons (Fsp3) is 0.571. The predicted molar refractivity (Wildman–Crippen MR) is 77.0 cm³/mol. The predicted octanol–water partition coefficient (Wildman–Crippen LogP) is 2.54. The Hall–Kier alpha value is -0.580. The Kier molecular flexibility index (Phi) is 3.87. The van der Waals surface area contributed by atoms with Gasteiger partial charge in [-0.05, 0) is 30.5 Å². The summed E-state index contributed by atoms with van der Waals surface area (Å²) in [6.07, 6.45) is 2.67. The van der Waals surface area contributed by atoms with Gasteiger partial charge in [-0.1, -0.05) is 22.0 Å². The summed E-state index contributed by atoms with van der Waals surface area (Å²) >= 11 is 3.58. The van der Waals surface area contributed by atoms with Crippen LogP contribution in [0.2, 0.25) is 0 Å². The van der Waals surface area contributed by atoms with Crippen LogP contribution in [0.4, 0.5) is 5.69 Å². The Bertz CT molecular complexity index is 414. The summed E-state index contributed by atoms with van der Waals surface area (Å²) in [6, 6.07) is 7.35.